The average Bonchev–Trinajstić information content (AvgIpc) is 2.85. The normalized spacial score (nSPS) is 15.1. The highest BCUT2D eigenvalue weighted by molar-refractivity contribution is 6.30. The maximum atomic E-state index is 14.2. The first kappa shape index (κ1) is 23.3. The SMILES string of the molecule is O=C(C1CCNCC1)N(CCOc1ccccc1)[C@H](c1ccc(Cl)cc1)c1cccc(F)c1. The largest absolute Gasteiger partial charge is 0.492 e. The predicted octanol–water partition coefficient (Wildman–Crippen LogP) is 5.48. The molecule has 1 aliphatic heterocycles. The lowest BCUT2D eigenvalue weighted by Crippen LogP contribution is -2.44. The van der Waals surface area contributed by atoms with Crippen LogP contribution in [-0.4, -0.2) is 37.0 Å². The number of carbonyl (C=O) groups is 1. The molecule has 0 radical (unpaired) electrons. The smallest absolute Gasteiger partial charge is 0.226 e. The van der Waals surface area contributed by atoms with E-state index in [4.69, 9.17) is 16.3 Å². The predicted molar refractivity (Wildman–Crippen MR) is 129 cm³/mol. The monoisotopic (exact) mass is 466 g/mol. The van der Waals surface area contributed by atoms with Gasteiger partial charge in [-0.2, -0.15) is 0 Å². The van der Waals surface area contributed by atoms with Gasteiger partial charge in [0.2, 0.25) is 5.91 Å². The lowest BCUT2D eigenvalue weighted by atomic mass is 9.92. The van der Waals surface area contributed by atoms with Crippen LogP contribution in [0, 0.1) is 11.7 Å². The highest BCUT2D eigenvalue weighted by atomic mass is 35.5. The summed E-state index contributed by atoms with van der Waals surface area (Å²) in [5, 5.41) is 3.93. The second-order valence-electron chi connectivity index (χ2n) is 8.23. The fourth-order valence-electron chi connectivity index (χ4n) is 4.32. The van der Waals surface area contributed by atoms with E-state index in [0.717, 1.165) is 42.8 Å². The Morgan fingerprint density at radius 2 is 1.73 bits per heavy atom. The molecule has 3 aromatic rings. The zero-order valence-corrected chi connectivity index (χ0v) is 19.2. The molecule has 0 bridgehead atoms. The number of halogens is 2. The Morgan fingerprint density at radius 3 is 2.42 bits per heavy atom. The maximum Gasteiger partial charge on any atom is 0.226 e. The van der Waals surface area contributed by atoms with Crippen molar-refractivity contribution in [2.45, 2.75) is 18.9 Å². The van der Waals surface area contributed by atoms with Crippen LogP contribution >= 0.6 is 11.6 Å². The molecule has 1 N–H and O–H groups in total. The highest BCUT2D eigenvalue weighted by Crippen LogP contribution is 2.32. The Kier molecular flexibility index (Phi) is 7.97. The molecule has 6 heteroatoms. The Labute approximate surface area is 199 Å². The van der Waals surface area contributed by atoms with Gasteiger partial charge in [0.1, 0.15) is 18.2 Å². The van der Waals surface area contributed by atoms with Gasteiger partial charge in [-0.1, -0.05) is 54.1 Å². The van der Waals surface area contributed by atoms with E-state index in [1.165, 1.54) is 12.1 Å². The van der Waals surface area contributed by atoms with Crippen molar-refractivity contribution in [1.29, 1.82) is 0 Å². The standard InChI is InChI=1S/C27H28ClFN2O2/c28-23-11-9-20(10-12-23)26(22-5-4-6-24(29)19-22)31(27(32)21-13-15-30-16-14-21)17-18-33-25-7-2-1-3-8-25/h1-12,19,21,26,30H,13-18H2/t26-/m1/s1. The fourth-order valence-corrected chi connectivity index (χ4v) is 4.45. The molecule has 4 nitrogen and oxygen atoms in total. The first-order chi connectivity index (χ1) is 16.1. The number of carbonyl (C=O) groups excluding carboxylic acids is 1. The van der Waals surface area contributed by atoms with Crippen LogP contribution in [0.3, 0.4) is 0 Å². The molecule has 0 aliphatic carbocycles. The van der Waals surface area contributed by atoms with Crippen molar-refractivity contribution in [3.63, 3.8) is 0 Å². The third kappa shape index (κ3) is 6.12. The topological polar surface area (TPSA) is 41.6 Å². The van der Waals surface area contributed by atoms with Gasteiger partial charge in [0.15, 0.2) is 0 Å². The minimum absolute atomic E-state index is 0.0670. The average molecular weight is 467 g/mol. The molecule has 33 heavy (non-hydrogen) atoms. The van der Waals surface area contributed by atoms with E-state index in [9.17, 15) is 9.18 Å². The van der Waals surface area contributed by atoms with Gasteiger partial charge < -0.3 is 15.0 Å². The Balaban J connectivity index is 1.67. The molecule has 172 valence electrons. The molecule has 3 aromatic carbocycles. The summed E-state index contributed by atoms with van der Waals surface area (Å²) < 4.78 is 20.2. The van der Waals surface area contributed by atoms with E-state index in [2.05, 4.69) is 5.32 Å². The van der Waals surface area contributed by atoms with Crippen LogP contribution in [-0.2, 0) is 4.79 Å². The van der Waals surface area contributed by atoms with Gasteiger partial charge in [0.25, 0.3) is 0 Å². The van der Waals surface area contributed by atoms with E-state index in [0.29, 0.717) is 18.2 Å². The molecule has 1 aliphatic rings. The Morgan fingerprint density at radius 1 is 1.00 bits per heavy atom. The number of para-hydroxylation sites is 1. The molecule has 0 aromatic heterocycles. The van der Waals surface area contributed by atoms with Crippen molar-refractivity contribution in [3.05, 3.63) is 101 Å². The minimum atomic E-state index is -0.445. The van der Waals surface area contributed by atoms with E-state index < -0.39 is 6.04 Å². The van der Waals surface area contributed by atoms with Gasteiger partial charge in [0, 0.05) is 10.9 Å². The van der Waals surface area contributed by atoms with Gasteiger partial charge in [-0.05, 0) is 73.5 Å². The number of nitrogens with one attached hydrogen (secondary N) is 1. The number of rotatable bonds is 8. The minimum Gasteiger partial charge on any atom is -0.492 e. The van der Waals surface area contributed by atoms with Crippen molar-refractivity contribution in [3.8, 4) is 5.75 Å². The van der Waals surface area contributed by atoms with Crippen molar-refractivity contribution in [2.75, 3.05) is 26.2 Å². The van der Waals surface area contributed by atoms with Gasteiger partial charge >= 0.3 is 0 Å². The number of amides is 1. The molecular weight excluding hydrogens is 439 g/mol. The number of benzene rings is 3. The maximum absolute atomic E-state index is 14.2. The summed E-state index contributed by atoms with van der Waals surface area (Å²) in [6, 6.07) is 23.0. The lowest BCUT2D eigenvalue weighted by molar-refractivity contribution is -0.138. The van der Waals surface area contributed by atoms with Crippen molar-refractivity contribution in [1.82, 2.24) is 10.2 Å². The second kappa shape index (κ2) is 11.3. The number of nitrogens with zero attached hydrogens (tertiary/aromatic N) is 1. The first-order valence-electron chi connectivity index (χ1n) is 11.3. The van der Waals surface area contributed by atoms with Crippen molar-refractivity contribution >= 4 is 17.5 Å². The van der Waals surface area contributed by atoms with E-state index in [-0.39, 0.29) is 17.6 Å². The van der Waals surface area contributed by atoms with Gasteiger partial charge in [-0.3, -0.25) is 4.79 Å². The summed E-state index contributed by atoms with van der Waals surface area (Å²) in [5.74, 6) is 0.408. The first-order valence-corrected chi connectivity index (χ1v) is 11.7. The van der Waals surface area contributed by atoms with E-state index >= 15 is 0 Å². The summed E-state index contributed by atoms with van der Waals surface area (Å²) in [6.07, 6.45) is 1.57. The third-order valence-electron chi connectivity index (χ3n) is 5.98. The van der Waals surface area contributed by atoms with Gasteiger partial charge in [0.05, 0.1) is 12.6 Å². The lowest BCUT2D eigenvalue weighted by Gasteiger charge is -2.36. The molecule has 0 spiro atoms. The summed E-state index contributed by atoms with van der Waals surface area (Å²) >= 11 is 6.14. The molecule has 1 fully saturated rings. The zero-order chi connectivity index (χ0) is 23.0. The second-order valence-corrected chi connectivity index (χ2v) is 8.66. The molecule has 0 unspecified atom stereocenters. The Hall–Kier alpha value is -2.89. The molecule has 1 saturated heterocycles. The number of ether oxygens (including phenoxy) is 1. The van der Waals surface area contributed by atoms with Crippen LogP contribution in [0.4, 0.5) is 4.39 Å². The summed E-state index contributed by atoms with van der Waals surface area (Å²) in [4.78, 5) is 15.6. The molecule has 0 saturated carbocycles. The fraction of sp³-hybridized carbons (Fsp3) is 0.296. The van der Waals surface area contributed by atoms with E-state index in [1.807, 2.05) is 53.4 Å². The molecule has 1 heterocycles. The summed E-state index contributed by atoms with van der Waals surface area (Å²) in [6.45, 7) is 2.34. The zero-order valence-electron chi connectivity index (χ0n) is 18.4. The van der Waals surface area contributed by atoms with E-state index in [1.54, 1.807) is 18.2 Å². The molecule has 1 amide bonds. The third-order valence-corrected chi connectivity index (χ3v) is 6.23. The van der Waals surface area contributed by atoms with Crippen LogP contribution in [0.1, 0.15) is 30.0 Å². The highest BCUT2D eigenvalue weighted by Gasteiger charge is 2.32. The van der Waals surface area contributed by atoms with Gasteiger partial charge in [-0.25, -0.2) is 4.39 Å². The number of hydrogen-bond acceptors (Lipinski definition) is 3. The van der Waals surface area contributed by atoms with Gasteiger partial charge in [-0.15, -0.1) is 0 Å². The number of hydrogen-bond donors (Lipinski definition) is 1. The van der Waals surface area contributed by atoms with Crippen molar-refractivity contribution < 1.29 is 13.9 Å². The molecular formula is C27H28ClFN2O2. The summed E-state index contributed by atoms with van der Waals surface area (Å²) in [7, 11) is 0. The van der Waals surface area contributed by atoms with Crippen molar-refractivity contribution in [2.24, 2.45) is 5.92 Å². The van der Waals surface area contributed by atoms with Crippen LogP contribution in [0.15, 0.2) is 78.9 Å². The Bertz CT molecular complexity index is 1040. The summed E-state index contributed by atoms with van der Waals surface area (Å²) in [5.41, 5.74) is 1.60. The molecule has 4 rings (SSSR count). The van der Waals surface area contributed by atoms with Crippen LogP contribution in [0.5, 0.6) is 5.75 Å². The van der Waals surface area contributed by atoms with Crippen LogP contribution in [0.25, 0.3) is 0 Å². The number of piperidine rings is 1. The van der Waals surface area contributed by atoms with Crippen LogP contribution < -0.4 is 10.1 Å². The molecule has 1 atom stereocenters. The quantitative estimate of drug-likeness (QED) is 0.478. The van der Waals surface area contributed by atoms with Crippen LogP contribution in [0.2, 0.25) is 5.02 Å².